The lowest BCUT2D eigenvalue weighted by molar-refractivity contribution is -0.117. The SMILES string of the molecule is CC(C(=O)NCc1ccccc1F)=C1CNC1. The van der Waals surface area contributed by atoms with Crippen LogP contribution >= 0.6 is 0 Å². The molecule has 1 saturated heterocycles. The molecule has 0 radical (unpaired) electrons. The Kier molecular flexibility index (Phi) is 3.54. The van der Waals surface area contributed by atoms with Gasteiger partial charge in [0.25, 0.3) is 0 Å². The summed E-state index contributed by atoms with van der Waals surface area (Å²) < 4.78 is 13.3. The van der Waals surface area contributed by atoms with Crippen molar-refractivity contribution in [2.24, 2.45) is 0 Å². The van der Waals surface area contributed by atoms with Gasteiger partial charge in [0.05, 0.1) is 0 Å². The van der Waals surface area contributed by atoms with Crippen LogP contribution in [0.2, 0.25) is 0 Å². The minimum Gasteiger partial charge on any atom is -0.348 e. The van der Waals surface area contributed by atoms with E-state index in [1.165, 1.54) is 6.07 Å². The fourth-order valence-corrected chi connectivity index (χ4v) is 1.63. The number of amides is 1. The van der Waals surface area contributed by atoms with Crippen molar-refractivity contribution in [3.8, 4) is 0 Å². The summed E-state index contributed by atoms with van der Waals surface area (Å²) in [5.41, 5.74) is 2.36. The first-order chi connectivity index (χ1) is 8.18. The van der Waals surface area contributed by atoms with E-state index < -0.39 is 0 Å². The van der Waals surface area contributed by atoms with E-state index in [1.807, 2.05) is 0 Å². The van der Waals surface area contributed by atoms with Gasteiger partial charge in [-0.05, 0) is 18.6 Å². The fraction of sp³-hybridized carbons (Fsp3) is 0.308. The zero-order valence-corrected chi connectivity index (χ0v) is 9.72. The van der Waals surface area contributed by atoms with Gasteiger partial charge in [-0.25, -0.2) is 4.39 Å². The number of hydrogen-bond donors (Lipinski definition) is 2. The highest BCUT2D eigenvalue weighted by molar-refractivity contribution is 5.93. The van der Waals surface area contributed by atoms with Crippen LogP contribution in [0, 0.1) is 5.82 Å². The summed E-state index contributed by atoms with van der Waals surface area (Å²) in [5, 5.41) is 5.81. The van der Waals surface area contributed by atoms with Crippen molar-refractivity contribution in [2.45, 2.75) is 13.5 Å². The Balaban J connectivity index is 1.95. The Labute approximate surface area is 99.7 Å². The number of nitrogens with one attached hydrogen (secondary N) is 2. The molecule has 0 saturated carbocycles. The zero-order valence-electron chi connectivity index (χ0n) is 9.72. The van der Waals surface area contributed by atoms with Gasteiger partial charge in [0.1, 0.15) is 5.82 Å². The van der Waals surface area contributed by atoms with Crippen LogP contribution in [-0.2, 0) is 11.3 Å². The molecule has 17 heavy (non-hydrogen) atoms. The Morgan fingerprint density at radius 2 is 2.12 bits per heavy atom. The molecule has 1 aliphatic rings. The lowest BCUT2D eigenvalue weighted by Gasteiger charge is -2.21. The maximum absolute atomic E-state index is 13.3. The van der Waals surface area contributed by atoms with Gasteiger partial charge in [-0.15, -0.1) is 0 Å². The zero-order chi connectivity index (χ0) is 12.3. The molecule has 2 N–H and O–H groups in total. The van der Waals surface area contributed by atoms with Crippen molar-refractivity contribution in [3.63, 3.8) is 0 Å². The van der Waals surface area contributed by atoms with E-state index in [4.69, 9.17) is 0 Å². The summed E-state index contributed by atoms with van der Waals surface area (Å²) in [4.78, 5) is 11.7. The van der Waals surface area contributed by atoms with Gasteiger partial charge in [-0.1, -0.05) is 18.2 Å². The number of carbonyl (C=O) groups excluding carboxylic acids is 1. The molecule has 3 nitrogen and oxygen atoms in total. The minimum atomic E-state index is -0.289. The van der Waals surface area contributed by atoms with Crippen molar-refractivity contribution in [3.05, 3.63) is 46.8 Å². The Hall–Kier alpha value is -1.68. The van der Waals surface area contributed by atoms with Crippen molar-refractivity contribution >= 4 is 5.91 Å². The number of halogens is 1. The van der Waals surface area contributed by atoms with E-state index in [-0.39, 0.29) is 18.3 Å². The standard InChI is InChI=1S/C13H15FN2O/c1-9(11-6-15-7-11)13(17)16-8-10-4-2-3-5-12(10)14/h2-5,15H,6-8H2,1H3,(H,16,17). The lowest BCUT2D eigenvalue weighted by Crippen LogP contribution is -2.37. The maximum Gasteiger partial charge on any atom is 0.247 e. The van der Waals surface area contributed by atoms with Crippen LogP contribution in [0.25, 0.3) is 0 Å². The minimum absolute atomic E-state index is 0.121. The van der Waals surface area contributed by atoms with Crippen LogP contribution < -0.4 is 10.6 Å². The molecule has 1 aromatic rings. The average molecular weight is 234 g/mol. The molecule has 0 atom stereocenters. The van der Waals surface area contributed by atoms with Crippen LogP contribution in [0.3, 0.4) is 0 Å². The molecule has 1 aliphatic heterocycles. The van der Waals surface area contributed by atoms with Crippen LogP contribution in [0.15, 0.2) is 35.4 Å². The van der Waals surface area contributed by atoms with Crippen molar-refractivity contribution in [1.29, 1.82) is 0 Å². The largest absolute Gasteiger partial charge is 0.348 e. The molecule has 1 heterocycles. The summed E-state index contributed by atoms with van der Waals surface area (Å²) in [6.07, 6.45) is 0. The van der Waals surface area contributed by atoms with E-state index in [0.29, 0.717) is 5.56 Å². The number of rotatable bonds is 3. The first-order valence-electron chi connectivity index (χ1n) is 5.59. The first kappa shape index (κ1) is 11.8. The Morgan fingerprint density at radius 1 is 1.41 bits per heavy atom. The predicted octanol–water partition coefficient (Wildman–Crippen LogP) is 1.36. The Bertz CT molecular complexity index is 462. The van der Waals surface area contributed by atoms with Crippen molar-refractivity contribution in [2.75, 3.05) is 13.1 Å². The van der Waals surface area contributed by atoms with Gasteiger partial charge >= 0.3 is 0 Å². The third-order valence-corrected chi connectivity index (χ3v) is 2.94. The summed E-state index contributed by atoms with van der Waals surface area (Å²) in [6, 6.07) is 6.45. The van der Waals surface area contributed by atoms with Crippen LogP contribution in [0.5, 0.6) is 0 Å². The molecule has 0 bridgehead atoms. The lowest BCUT2D eigenvalue weighted by atomic mass is 10.0. The van der Waals surface area contributed by atoms with Gasteiger partial charge in [-0.2, -0.15) is 0 Å². The Morgan fingerprint density at radius 3 is 2.71 bits per heavy atom. The van der Waals surface area contributed by atoms with Crippen molar-refractivity contribution in [1.82, 2.24) is 10.6 Å². The molecule has 0 spiro atoms. The van der Waals surface area contributed by atoms with Crippen LogP contribution in [-0.4, -0.2) is 19.0 Å². The molecule has 4 heteroatoms. The summed E-state index contributed by atoms with van der Waals surface area (Å²) in [7, 11) is 0. The third kappa shape index (κ3) is 2.71. The number of benzene rings is 1. The second-order valence-electron chi connectivity index (χ2n) is 4.11. The first-order valence-corrected chi connectivity index (χ1v) is 5.59. The van der Waals surface area contributed by atoms with Gasteiger partial charge in [0, 0.05) is 30.8 Å². The van der Waals surface area contributed by atoms with E-state index in [2.05, 4.69) is 10.6 Å². The number of hydrogen-bond acceptors (Lipinski definition) is 2. The smallest absolute Gasteiger partial charge is 0.247 e. The molecule has 90 valence electrons. The molecule has 0 aromatic heterocycles. The van der Waals surface area contributed by atoms with Crippen LogP contribution in [0.4, 0.5) is 4.39 Å². The number of carbonyl (C=O) groups is 1. The second-order valence-corrected chi connectivity index (χ2v) is 4.11. The topological polar surface area (TPSA) is 41.1 Å². The molecule has 0 aliphatic carbocycles. The fourth-order valence-electron chi connectivity index (χ4n) is 1.63. The summed E-state index contributed by atoms with van der Waals surface area (Å²) in [6.45, 7) is 3.58. The predicted molar refractivity (Wildman–Crippen MR) is 63.8 cm³/mol. The highest BCUT2D eigenvalue weighted by atomic mass is 19.1. The summed E-state index contributed by atoms with van der Waals surface area (Å²) >= 11 is 0. The molecule has 1 amide bonds. The van der Waals surface area contributed by atoms with Gasteiger partial charge in [0.15, 0.2) is 0 Å². The molecule has 2 rings (SSSR count). The van der Waals surface area contributed by atoms with E-state index in [0.717, 1.165) is 24.2 Å². The maximum atomic E-state index is 13.3. The van der Waals surface area contributed by atoms with Crippen LogP contribution in [0.1, 0.15) is 12.5 Å². The third-order valence-electron chi connectivity index (χ3n) is 2.94. The summed E-state index contributed by atoms with van der Waals surface area (Å²) in [5.74, 6) is -0.409. The monoisotopic (exact) mass is 234 g/mol. The normalized spacial score (nSPS) is 14.1. The molecule has 0 unspecified atom stereocenters. The van der Waals surface area contributed by atoms with E-state index in [1.54, 1.807) is 25.1 Å². The second kappa shape index (κ2) is 5.10. The molecule has 1 aromatic carbocycles. The van der Waals surface area contributed by atoms with Crippen molar-refractivity contribution < 1.29 is 9.18 Å². The average Bonchev–Trinajstić information content (AvgIpc) is 2.25. The van der Waals surface area contributed by atoms with Gasteiger partial charge < -0.3 is 10.6 Å². The quantitative estimate of drug-likeness (QED) is 0.775. The molecule has 1 fully saturated rings. The highest BCUT2D eigenvalue weighted by Crippen LogP contribution is 2.10. The molecular formula is C13H15FN2O. The van der Waals surface area contributed by atoms with E-state index in [9.17, 15) is 9.18 Å². The van der Waals surface area contributed by atoms with Gasteiger partial charge in [0.2, 0.25) is 5.91 Å². The van der Waals surface area contributed by atoms with Gasteiger partial charge in [-0.3, -0.25) is 4.79 Å². The highest BCUT2D eigenvalue weighted by Gasteiger charge is 2.15. The molecular weight excluding hydrogens is 219 g/mol. The van der Waals surface area contributed by atoms with E-state index >= 15 is 0 Å².